The van der Waals surface area contributed by atoms with Crippen molar-refractivity contribution < 1.29 is 19.4 Å². The molecule has 5 rings (SSSR count). The monoisotopic (exact) mass is 550 g/mol. The quantitative estimate of drug-likeness (QED) is 0.119. The zero-order valence-corrected chi connectivity index (χ0v) is 22.5. The second-order valence-electron chi connectivity index (χ2n) is 8.40. The van der Waals surface area contributed by atoms with Gasteiger partial charge in [-0.1, -0.05) is 48.5 Å². The van der Waals surface area contributed by atoms with E-state index in [1.165, 1.54) is 28.7 Å². The molecule has 0 radical (unpaired) electrons. The van der Waals surface area contributed by atoms with E-state index in [1.807, 2.05) is 60.7 Å². The molecule has 0 unspecified atom stereocenters. The summed E-state index contributed by atoms with van der Waals surface area (Å²) in [4.78, 5) is 28.1. The summed E-state index contributed by atoms with van der Waals surface area (Å²) in [5, 5.41) is 19.4. The molecule has 0 bridgehead atoms. The fraction of sp³-hybridized carbons (Fsp3) is 0.0645. The van der Waals surface area contributed by atoms with Gasteiger partial charge in [0.2, 0.25) is 0 Å². The Morgan fingerprint density at radius 1 is 0.923 bits per heavy atom. The third-order valence-electron chi connectivity index (χ3n) is 5.94. The number of nitriles is 1. The van der Waals surface area contributed by atoms with E-state index in [4.69, 9.17) is 4.74 Å². The van der Waals surface area contributed by atoms with Crippen molar-refractivity contribution in [1.29, 1.82) is 5.26 Å². The maximum absolute atomic E-state index is 12.5. The van der Waals surface area contributed by atoms with E-state index in [0.717, 1.165) is 37.6 Å². The Hall–Kier alpha value is -4.71. The van der Waals surface area contributed by atoms with Crippen LogP contribution in [0.25, 0.3) is 26.6 Å². The average molecular weight is 551 g/mol. The van der Waals surface area contributed by atoms with Gasteiger partial charge in [0.25, 0.3) is 0 Å². The first-order chi connectivity index (χ1) is 19.0. The van der Waals surface area contributed by atoms with Crippen molar-refractivity contribution in [3.8, 4) is 16.5 Å². The number of carboxylic acids is 1. The van der Waals surface area contributed by atoms with Gasteiger partial charge >= 0.3 is 11.9 Å². The summed E-state index contributed by atoms with van der Waals surface area (Å²) in [6.45, 7) is 2.00. The van der Waals surface area contributed by atoms with Gasteiger partial charge in [-0.3, -0.25) is 0 Å². The van der Waals surface area contributed by atoms with Gasteiger partial charge in [-0.15, -0.1) is 22.7 Å². The van der Waals surface area contributed by atoms with Crippen molar-refractivity contribution in [1.82, 2.24) is 0 Å². The van der Waals surface area contributed by atoms with Gasteiger partial charge in [-0.2, -0.15) is 5.26 Å². The highest BCUT2D eigenvalue weighted by Gasteiger charge is 2.21. The third-order valence-corrected chi connectivity index (χ3v) is 8.40. The van der Waals surface area contributed by atoms with Crippen LogP contribution < -0.4 is 4.90 Å². The Kier molecular flexibility index (Phi) is 7.55. The van der Waals surface area contributed by atoms with Crippen molar-refractivity contribution in [2.45, 2.75) is 6.92 Å². The van der Waals surface area contributed by atoms with Gasteiger partial charge in [-0.05, 0) is 61.0 Å². The normalized spacial score (nSPS) is 11.2. The minimum atomic E-state index is -1.30. The summed E-state index contributed by atoms with van der Waals surface area (Å²) in [5.41, 5.74) is 3.57. The molecule has 0 spiro atoms. The van der Waals surface area contributed by atoms with E-state index in [-0.39, 0.29) is 12.2 Å². The lowest BCUT2D eigenvalue weighted by Gasteiger charge is -2.25. The summed E-state index contributed by atoms with van der Waals surface area (Å²) < 4.78 is 6.03. The minimum absolute atomic E-state index is 0.252. The fourth-order valence-electron chi connectivity index (χ4n) is 4.19. The number of benzene rings is 3. The summed E-state index contributed by atoms with van der Waals surface area (Å²) in [6.07, 6.45) is 1.36. The van der Waals surface area contributed by atoms with Crippen LogP contribution in [-0.2, 0) is 9.53 Å². The Bertz CT molecular complexity index is 1670. The topological polar surface area (TPSA) is 90.6 Å². The number of carbonyl (C=O) groups is 2. The number of aliphatic carboxylic acids is 1. The molecule has 0 aliphatic heterocycles. The van der Waals surface area contributed by atoms with Crippen LogP contribution in [0, 0.1) is 11.3 Å². The molecule has 39 heavy (non-hydrogen) atoms. The SMILES string of the molecule is CCOC(=O)c1cc2c(/C=C(/C#N)C(=O)O)sc(-c3ccc(N(c4ccccc4)c4ccccc4)cc3)c2s1. The molecule has 0 amide bonds. The van der Waals surface area contributed by atoms with Crippen molar-refractivity contribution in [2.24, 2.45) is 0 Å². The van der Waals surface area contributed by atoms with Crippen molar-refractivity contribution >= 4 is 67.8 Å². The summed E-state index contributed by atoms with van der Waals surface area (Å²) in [5.74, 6) is -1.73. The summed E-state index contributed by atoms with van der Waals surface area (Å²) in [6, 6.07) is 31.7. The largest absolute Gasteiger partial charge is 0.477 e. The number of carbonyl (C=O) groups excluding carboxylic acids is 1. The first-order valence-electron chi connectivity index (χ1n) is 12.1. The van der Waals surface area contributed by atoms with E-state index in [0.29, 0.717) is 9.75 Å². The lowest BCUT2D eigenvalue weighted by atomic mass is 10.1. The molecule has 0 aliphatic carbocycles. The Morgan fingerprint density at radius 2 is 1.51 bits per heavy atom. The molecular weight excluding hydrogens is 528 g/mol. The number of thiophene rings is 2. The number of fused-ring (bicyclic) bond motifs is 1. The number of esters is 1. The standard InChI is InChI=1S/C31H22N2O4S2/c1-2-37-31(36)27-18-25-26(17-21(19-32)30(34)35)38-28(29(25)39-27)20-13-15-24(16-14-20)33(22-9-5-3-6-10-22)23-11-7-4-8-12-23/h3-18H,2H2,1H3,(H,34,35)/b21-17-. The lowest BCUT2D eigenvalue weighted by Crippen LogP contribution is -2.09. The van der Waals surface area contributed by atoms with E-state index in [1.54, 1.807) is 19.1 Å². The van der Waals surface area contributed by atoms with Gasteiger partial charge in [0.15, 0.2) is 0 Å². The number of nitrogens with zero attached hydrogens (tertiary/aromatic N) is 2. The number of hydrogen-bond acceptors (Lipinski definition) is 7. The molecule has 2 aromatic heterocycles. The molecule has 0 saturated carbocycles. The highest BCUT2D eigenvalue weighted by Crippen LogP contribution is 2.45. The van der Waals surface area contributed by atoms with E-state index < -0.39 is 11.9 Å². The molecule has 0 atom stereocenters. The molecule has 5 aromatic rings. The first-order valence-corrected chi connectivity index (χ1v) is 13.7. The number of hydrogen-bond donors (Lipinski definition) is 1. The maximum Gasteiger partial charge on any atom is 0.348 e. The van der Waals surface area contributed by atoms with Gasteiger partial charge in [0, 0.05) is 27.3 Å². The highest BCUT2D eigenvalue weighted by molar-refractivity contribution is 7.28. The van der Waals surface area contributed by atoms with Crippen LogP contribution in [0.1, 0.15) is 21.5 Å². The molecule has 0 fully saturated rings. The zero-order chi connectivity index (χ0) is 27.4. The van der Waals surface area contributed by atoms with Gasteiger partial charge in [0.05, 0.1) is 16.2 Å². The molecular formula is C31H22N2O4S2. The van der Waals surface area contributed by atoms with Gasteiger partial charge < -0.3 is 14.7 Å². The number of ether oxygens (including phenoxy) is 1. The van der Waals surface area contributed by atoms with Crippen LogP contribution in [0.15, 0.2) is 96.6 Å². The lowest BCUT2D eigenvalue weighted by molar-refractivity contribution is -0.132. The van der Waals surface area contributed by atoms with Gasteiger partial charge in [0.1, 0.15) is 16.5 Å². The number of rotatable bonds is 8. The Morgan fingerprint density at radius 3 is 2.05 bits per heavy atom. The highest BCUT2D eigenvalue weighted by atomic mass is 32.1. The molecule has 0 saturated heterocycles. The van der Waals surface area contributed by atoms with E-state index >= 15 is 0 Å². The van der Waals surface area contributed by atoms with Crippen LogP contribution in [0.4, 0.5) is 17.1 Å². The van der Waals surface area contributed by atoms with Crippen LogP contribution in [0.5, 0.6) is 0 Å². The van der Waals surface area contributed by atoms with Crippen molar-refractivity contribution in [3.05, 3.63) is 106 Å². The number of para-hydroxylation sites is 2. The maximum atomic E-state index is 12.5. The van der Waals surface area contributed by atoms with E-state index in [9.17, 15) is 20.0 Å². The Labute approximate surface area is 233 Å². The zero-order valence-electron chi connectivity index (χ0n) is 20.8. The van der Waals surface area contributed by atoms with Crippen LogP contribution >= 0.6 is 22.7 Å². The number of anilines is 3. The van der Waals surface area contributed by atoms with Gasteiger partial charge in [-0.25, -0.2) is 9.59 Å². The predicted molar refractivity (Wildman–Crippen MR) is 157 cm³/mol. The Balaban J connectivity index is 1.61. The minimum Gasteiger partial charge on any atom is -0.477 e. The second-order valence-corrected chi connectivity index (χ2v) is 10.5. The van der Waals surface area contributed by atoms with Crippen LogP contribution in [0.3, 0.4) is 0 Å². The molecule has 192 valence electrons. The molecule has 3 aromatic carbocycles. The molecule has 1 N–H and O–H groups in total. The fourth-order valence-corrected chi connectivity index (χ4v) is 6.66. The molecule has 8 heteroatoms. The summed E-state index contributed by atoms with van der Waals surface area (Å²) in [7, 11) is 0. The van der Waals surface area contributed by atoms with Crippen LogP contribution in [-0.4, -0.2) is 23.7 Å². The van der Waals surface area contributed by atoms with E-state index in [2.05, 4.69) is 29.2 Å². The van der Waals surface area contributed by atoms with Crippen LogP contribution in [0.2, 0.25) is 0 Å². The third kappa shape index (κ3) is 5.32. The smallest absolute Gasteiger partial charge is 0.348 e. The number of carboxylic acid groups (broad SMARTS) is 1. The summed E-state index contributed by atoms with van der Waals surface area (Å²) >= 11 is 2.69. The molecule has 6 nitrogen and oxygen atoms in total. The first kappa shape index (κ1) is 25.9. The predicted octanol–water partition coefficient (Wildman–Crippen LogP) is 8.27. The molecule has 2 heterocycles. The average Bonchev–Trinajstić information content (AvgIpc) is 3.54. The van der Waals surface area contributed by atoms with Crippen molar-refractivity contribution in [2.75, 3.05) is 11.5 Å². The molecule has 0 aliphatic rings. The van der Waals surface area contributed by atoms with Crippen molar-refractivity contribution in [3.63, 3.8) is 0 Å². The second kappa shape index (κ2) is 11.4.